The number of H-pyrrole nitrogens is 4. The fourth-order valence-corrected chi connectivity index (χ4v) is 17.0. The van der Waals surface area contributed by atoms with E-state index in [0.717, 1.165) is 230 Å². The molecule has 0 unspecified atom stereocenters. The lowest BCUT2D eigenvalue weighted by molar-refractivity contribution is -0.117. The first-order chi connectivity index (χ1) is 70.1. The van der Waals surface area contributed by atoms with Crippen LogP contribution in [0.25, 0.3) is 88.1 Å². The Hall–Kier alpha value is -15.8. The molecule has 15 heterocycles. The van der Waals surface area contributed by atoms with Crippen LogP contribution >= 0.6 is 0 Å². The molecule has 0 atom stereocenters. The Morgan fingerprint density at radius 3 is 0.833 bits per heavy atom. The maximum atomic E-state index is 13.1. The van der Waals surface area contributed by atoms with E-state index in [2.05, 4.69) is 181 Å². The molecule has 37 nitrogen and oxygen atoms in total. The molecule has 5 amide bonds. The van der Waals surface area contributed by atoms with E-state index in [4.69, 9.17) is 0 Å². The number of carbonyl (C=O) groups excluding carboxylic acids is 5. The topological polar surface area (TPSA) is 434 Å². The van der Waals surface area contributed by atoms with Gasteiger partial charge in [-0.15, -0.1) is 0 Å². The van der Waals surface area contributed by atoms with Crippen LogP contribution < -0.4 is 47.9 Å². The number of hydrogen-bond donors (Lipinski definition) is 13. The van der Waals surface area contributed by atoms with Gasteiger partial charge in [0.1, 0.15) is 23.3 Å². The zero-order valence-corrected chi connectivity index (χ0v) is 82.6. The minimum Gasteiger partial charge on any atom is -0.369 e. The van der Waals surface area contributed by atoms with Gasteiger partial charge in [0.2, 0.25) is 5.91 Å². The molecule has 0 bridgehead atoms. The number of nitrogens with one attached hydrogen (secondary N) is 13. The van der Waals surface area contributed by atoms with Crippen molar-refractivity contribution >= 4 is 125 Å². The summed E-state index contributed by atoms with van der Waals surface area (Å²) in [6.07, 6.45) is 30.9. The highest BCUT2D eigenvalue weighted by Crippen LogP contribution is 2.35. The molecule has 20 rings (SSSR count). The van der Waals surface area contributed by atoms with Crippen molar-refractivity contribution in [3.8, 4) is 44.5 Å². The van der Waals surface area contributed by atoms with Crippen LogP contribution in [0.4, 0.5) is 51.7 Å². The summed E-state index contributed by atoms with van der Waals surface area (Å²) in [6, 6.07) is 46.8. The highest BCUT2D eigenvalue weighted by Gasteiger charge is 2.30. The molecular weight excluding hydrogens is 1810 g/mol. The number of likely N-dealkylation sites (N-methyl/N-ethyl adjacent to an activating group) is 4. The Balaban J connectivity index is 0.000000132. The summed E-state index contributed by atoms with van der Waals surface area (Å²) in [6.45, 7) is 16.4. The second-order valence-electron chi connectivity index (χ2n) is 37.7. The predicted octanol–water partition coefficient (Wildman–Crippen LogP) is 15.1. The summed E-state index contributed by atoms with van der Waals surface area (Å²) in [4.78, 5) is 115. The van der Waals surface area contributed by atoms with E-state index < -0.39 is 0 Å². The van der Waals surface area contributed by atoms with Crippen molar-refractivity contribution in [1.82, 2.24) is 115 Å². The van der Waals surface area contributed by atoms with E-state index >= 15 is 0 Å². The van der Waals surface area contributed by atoms with Crippen LogP contribution in [-0.2, 0) is 24.4 Å². The molecule has 144 heavy (non-hydrogen) atoms. The Bertz CT molecular complexity index is 7040. The van der Waals surface area contributed by atoms with Crippen molar-refractivity contribution in [3.63, 3.8) is 0 Å². The first-order valence-corrected chi connectivity index (χ1v) is 48.9. The molecule has 4 fully saturated rings. The van der Waals surface area contributed by atoms with Crippen LogP contribution in [-0.4, -0.2) is 293 Å². The molecule has 0 radical (unpaired) electrons. The van der Waals surface area contributed by atoms with E-state index in [9.17, 15) is 24.0 Å². The molecule has 1 aliphatic carbocycles. The van der Waals surface area contributed by atoms with Crippen LogP contribution in [0.15, 0.2) is 220 Å². The molecule has 4 aromatic carbocycles. The summed E-state index contributed by atoms with van der Waals surface area (Å²) in [5.74, 6) is 2.01. The number of rotatable bonds is 36. The van der Waals surface area contributed by atoms with Gasteiger partial charge < -0.3 is 67.5 Å². The van der Waals surface area contributed by atoms with Gasteiger partial charge in [-0.2, -0.15) is 20.4 Å². The number of pyridine rings is 8. The normalized spacial score (nSPS) is 13.8. The van der Waals surface area contributed by atoms with Crippen LogP contribution in [0.5, 0.6) is 0 Å². The van der Waals surface area contributed by atoms with Crippen LogP contribution in [0, 0.1) is 5.92 Å². The van der Waals surface area contributed by atoms with Gasteiger partial charge in [-0.3, -0.25) is 79.0 Å². The summed E-state index contributed by atoms with van der Waals surface area (Å²) >= 11 is 0. The molecule has 16 aromatic rings. The molecule has 0 spiro atoms. The van der Waals surface area contributed by atoms with E-state index in [-0.39, 0.29) is 41.1 Å². The van der Waals surface area contributed by atoms with Crippen molar-refractivity contribution < 1.29 is 24.0 Å². The lowest BCUT2D eigenvalue weighted by atomic mass is 10.0. The zero-order valence-electron chi connectivity index (χ0n) is 82.6. The van der Waals surface area contributed by atoms with Gasteiger partial charge in [0.05, 0.1) is 81.5 Å². The van der Waals surface area contributed by atoms with Crippen molar-refractivity contribution in [2.24, 2.45) is 5.92 Å². The average molecular weight is 1940 g/mol. The van der Waals surface area contributed by atoms with Gasteiger partial charge >= 0.3 is 0 Å². The monoisotopic (exact) mass is 1940 g/mol. The summed E-state index contributed by atoms with van der Waals surface area (Å²) < 4.78 is 0. The highest BCUT2D eigenvalue weighted by molar-refractivity contribution is 6.15. The number of nitrogens with zero attached hydrogens (tertiary/aromatic N) is 19. The Morgan fingerprint density at radius 2 is 0.569 bits per heavy atom. The fraction of sp³-hybridized carbons (Fsp3) is 0.318. The third kappa shape index (κ3) is 27.5. The molecule has 13 N–H and O–H groups in total. The quantitative estimate of drug-likeness (QED) is 0.0173. The molecular formula is C107H124N32O5. The SMILES string of the molecule is CN(C)CCNc1ccc(NC(=O)c2n[nH]c3ccc(-c4cncc(CN5CCC5)c4)cc23)cn1.CN(C)CCNc1ccc(NC(=O)c2n[nH]c3ccc(-c4cncc(CN5CCCC5)c4)cc23)cn1.CN(C)CCNc1ccc(NC(=O)c2n[nH]c3ccc(-c4cncc(CN5CCCCC5)c4)cc23)cn1.CN(C)CCNc1ccc(NC(=O)c2n[nH]c3ccc(-c4cncc(NC(=O)C5CC5)c4)cc23)cn1. The maximum Gasteiger partial charge on any atom is 0.276 e. The second kappa shape index (κ2) is 48.1. The highest BCUT2D eigenvalue weighted by atomic mass is 16.2. The van der Waals surface area contributed by atoms with Gasteiger partial charge in [-0.25, -0.2) is 19.9 Å². The Kier molecular flexibility index (Phi) is 33.4. The molecule has 3 aliphatic heterocycles. The van der Waals surface area contributed by atoms with Gasteiger partial charge in [-0.1, -0.05) is 30.7 Å². The fourth-order valence-electron chi connectivity index (χ4n) is 17.0. The standard InChI is InChI=1S/C28H34N8O.C27H32N8O.C26H28N8O2.C26H30N8O/c1-35(2)13-10-30-26-9-7-23(18-31-26)32-28(37)27-24-15-21(6-8-25(24)33-34-27)22-14-20(16-29-17-22)19-36-11-4-3-5-12-36;1-34(2)12-9-29-25-8-6-22(17-30-25)31-27(36)26-23-14-20(5-7-24(23)32-33-26)21-13-19(15-28-16-21)18-35-10-3-4-11-35;1-34(2)10-9-28-23-8-6-19(15-29-23)30-26(36)24-21-12-17(5-7-22(21)32-33-24)18-11-20(14-27-13-18)31-25(35)16-3-4-16;1-33(2)11-8-28-24-7-5-21(16-29-24)30-26(35)25-22-13-19(4-6-23(22)31-32-25)20-12-18(14-27-15-20)17-34-9-3-10-34/h6-9,14-18H,3-5,10-13,19H2,1-2H3,(H,30,31)(H,32,37)(H,33,34);5-8,13-17H,3-4,9-12,18H2,1-2H3,(H,29,30)(H,31,36)(H,32,33);5-8,11-16H,3-4,9-10H2,1-2H3,(H,28,29)(H,30,36)(H,31,35)(H,32,33);4-7,12-16H,3,8-11,17H2,1-2H3,(H,28,29)(H,30,35)(H,31,32). The number of hydrogen-bond acceptors (Lipinski definition) is 28. The van der Waals surface area contributed by atoms with Crippen LogP contribution in [0.2, 0.25) is 0 Å². The average Bonchev–Trinajstić information content (AvgIpc) is 1.62. The number of benzene rings is 4. The number of anilines is 9. The number of aromatic nitrogens is 16. The van der Waals surface area contributed by atoms with Gasteiger partial charge in [0, 0.05) is 165 Å². The number of piperidine rings is 1. The number of fused-ring (bicyclic) bond motifs is 4. The zero-order chi connectivity index (χ0) is 99.8. The molecule has 742 valence electrons. The van der Waals surface area contributed by atoms with Crippen LogP contribution in [0.3, 0.4) is 0 Å². The van der Waals surface area contributed by atoms with E-state index in [0.29, 0.717) is 50.9 Å². The number of aromatic amines is 4. The smallest absolute Gasteiger partial charge is 0.276 e. The van der Waals surface area contributed by atoms with Crippen molar-refractivity contribution in [3.05, 3.63) is 259 Å². The summed E-state index contributed by atoms with van der Waals surface area (Å²) in [5.41, 5.74) is 19.0. The first kappa shape index (κ1) is 99.8. The van der Waals surface area contributed by atoms with Gasteiger partial charge in [-0.05, 0) is 301 Å². The number of likely N-dealkylation sites (tertiary alicyclic amines) is 3. The lowest BCUT2D eigenvalue weighted by Crippen LogP contribution is -2.36. The summed E-state index contributed by atoms with van der Waals surface area (Å²) in [5, 5.41) is 59.5. The molecule has 37 heteroatoms. The van der Waals surface area contributed by atoms with Crippen molar-refractivity contribution in [2.75, 3.05) is 196 Å². The number of amides is 5. The molecule has 3 saturated heterocycles. The number of carbonyl (C=O) groups is 5. The Labute approximate surface area is 835 Å². The van der Waals surface area contributed by atoms with E-state index in [1.165, 1.54) is 55.2 Å². The first-order valence-electron chi connectivity index (χ1n) is 48.9. The third-order valence-electron chi connectivity index (χ3n) is 25.1. The second-order valence-corrected chi connectivity index (χ2v) is 37.7. The largest absolute Gasteiger partial charge is 0.369 e. The molecule has 1 saturated carbocycles. The minimum atomic E-state index is -0.336. The minimum absolute atomic E-state index is 0.0325. The summed E-state index contributed by atoms with van der Waals surface area (Å²) in [7, 11) is 16.2. The Morgan fingerprint density at radius 1 is 0.292 bits per heavy atom. The van der Waals surface area contributed by atoms with E-state index in [1.807, 2.05) is 215 Å². The van der Waals surface area contributed by atoms with Gasteiger partial charge in [0.15, 0.2) is 22.8 Å². The van der Waals surface area contributed by atoms with Crippen molar-refractivity contribution in [2.45, 2.75) is 71.0 Å². The van der Waals surface area contributed by atoms with Crippen LogP contribution in [0.1, 0.15) is 110 Å². The maximum absolute atomic E-state index is 13.1. The predicted molar refractivity (Wildman–Crippen MR) is 569 cm³/mol. The molecule has 12 aromatic heterocycles. The van der Waals surface area contributed by atoms with Crippen molar-refractivity contribution in [1.29, 1.82) is 0 Å². The van der Waals surface area contributed by atoms with E-state index in [1.54, 1.807) is 43.2 Å². The van der Waals surface area contributed by atoms with Gasteiger partial charge in [0.25, 0.3) is 23.6 Å². The lowest BCUT2D eigenvalue weighted by Gasteiger charge is -2.30. The third-order valence-corrected chi connectivity index (χ3v) is 25.1. The molecule has 4 aliphatic rings.